The average Bonchev–Trinajstić information content (AvgIpc) is 3.35. The summed E-state index contributed by atoms with van der Waals surface area (Å²) in [6, 6.07) is 25.5. The van der Waals surface area contributed by atoms with Crippen molar-refractivity contribution in [3.05, 3.63) is 108 Å². The lowest BCUT2D eigenvalue weighted by Crippen LogP contribution is -2.38. The molecule has 3 aromatic carbocycles. The fourth-order valence-corrected chi connectivity index (χ4v) is 3.84. The van der Waals surface area contributed by atoms with E-state index in [1.54, 1.807) is 6.92 Å². The quantitative estimate of drug-likeness (QED) is 0.274. The number of carboxylic acid groups (broad SMARTS) is 1. The Balaban J connectivity index is 1.45. The third-order valence-electron chi connectivity index (χ3n) is 5.73. The minimum absolute atomic E-state index is 0.145. The summed E-state index contributed by atoms with van der Waals surface area (Å²) in [5.74, 6) is -0.790. The summed E-state index contributed by atoms with van der Waals surface area (Å²) in [5.41, 5.74) is 3.72. The van der Waals surface area contributed by atoms with Gasteiger partial charge < -0.3 is 14.3 Å². The Hall–Kier alpha value is -4.43. The third kappa shape index (κ3) is 6.37. The van der Waals surface area contributed by atoms with E-state index < -0.39 is 24.2 Å². The van der Waals surface area contributed by atoms with Crippen molar-refractivity contribution in [1.82, 2.24) is 10.3 Å². The molecule has 0 aliphatic heterocycles. The highest BCUT2D eigenvalue weighted by atomic mass is 16.6. The Bertz CT molecular complexity index is 1290. The number of aromatic nitrogens is 1. The molecule has 0 bridgehead atoms. The van der Waals surface area contributed by atoms with E-state index in [4.69, 9.17) is 9.15 Å². The Kier molecular flexibility index (Phi) is 8.10. The van der Waals surface area contributed by atoms with Gasteiger partial charge in [-0.25, -0.2) is 9.78 Å². The van der Waals surface area contributed by atoms with Gasteiger partial charge in [0, 0.05) is 12.1 Å². The van der Waals surface area contributed by atoms with Crippen LogP contribution in [0.25, 0.3) is 11.3 Å². The van der Waals surface area contributed by atoms with Gasteiger partial charge >= 0.3 is 12.1 Å². The maximum Gasteiger partial charge on any atom is 0.414 e. The minimum Gasteiger partial charge on any atom is -0.480 e. The highest BCUT2D eigenvalue weighted by molar-refractivity contribution is 5.88. The SMILES string of the molecule is CC(OC(=O)Nc1ocnc1-c1ccccc1CNC(Cc1ccccc1)C(=O)O)c1ccccc1. The van der Waals surface area contributed by atoms with Crippen LogP contribution in [0.15, 0.2) is 95.7 Å². The van der Waals surface area contributed by atoms with Crippen molar-refractivity contribution in [1.29, 1.82) is 0 Å². The van der Waals surface area contributed by atoms with E-state index in [1.807, 2.05) is 84.9 Å². The van der Waals surface area contributed by atoms with Gasteiger partial charge in [-0.1, -0.05) is 84.9 Å². The van der Waals surface area contributed by atoms with E-state index in [0.29, 0.717) is 17.7 Å². The van der Waals surface area contributed by atoms with E-state index in [-0.39, 0.29) is 12.4 Å². The molecule has 0 aliphatic rings. The van der Waals surface area contributed by atoms with Crippen molar-refractivity contribution in [2.45, 2.75) is 32.0 Å². The van der Waals surface area contributed by atoms with Crippen molar-refractivity contribution in [2.24, 2.45) is 0 Å². The van der Waals surface area contributed by atoms with Crippen molar-refractivity contribution in [3.8, 4) is 11.3 Å². The van der Waals surface area contributed by atoms with Gasteiger partial charge in [-0.2, -0.15) is 0 Å². The standard InChI is InChI=1S/C28H27N3O5/c1-19(21-12-6-3-7-13-21)36-28(34)31-26-25(30-18-35-26)23-15-9-8-14-22(23)17-29-24(27(32)33)16-20-10-4-2-5-11-20/h2-15,18-19,24,29H,16-17H2,1H3,(H,31,34)(H,32,33). The zero-order valence-corrected chi connectivity index (χ0v) is 19.8. The van der Waals surface area contributed by atoms with Crippen molar-refractivity contribution in [2.75, 3.05) is 5.32 Å². The number of nitrogens with one attached hydrogen (secondary N) is 2. The summed E-state index contributed by atoms with van der Waals surface area (Å²) in [5, 5.41) is 15.5. The third-order valence-corrected chi connectivity index (χ3v) is 5.73. The summed E-state index contributed by atoms with van der Waals surface area (Å²) in [4.78, 5) is 28.7. The molecule has 36 heavy (non-hydrogen) atoms. The summed E-state index contributed by atoms with van der Waals surface area (Å²) >= 11 is 0. The van der Waals surface area contributed by atoms with Crippen molar-refractivity contribution in [3.63, 3.8) is 0 Å². The summed E-state index contributed by atoms with van der Waals surface area (Å²) < 4.78 is 10.9. The number of anilines is 1. The predicted octanol–water partition coefficient (Wildman–Crippen LogP) is 5.44. The largest absolute Gasteiger partial charge is 0.480 e. The van der Waals surface area contributed by atoms with Crippen LogP contribution in [0.2, 0.25) is 0 Å². The number of nitrogens with zero attached hydrogens (tertiary/aromatic N) is 1. The molecule has 2 atom stereocenters. The molecule has 184 valence electrons. The Labute approximate surface area is 209 Å². The van der Waals surface area contributed by atoms with Crippen LogP contribution in [-0.4, -0.2) is 28.2 Å². The van der Waals surface area contributed by atoms with Gasteiger partial charge in [0.15, 0.2) is 6.39 Å². The van der Waals surface area contributed by atoms with E-state index in [9.17, 15) is 14.7 Å². The van der Waals surface area contributed by atoms with Gasteiger partial charge in [0.1, 0.15) is 17.8 Å². The molecule has 0 saturated heterocycles. The molecule has 0 fully saturated rings. The Morgan fingerprint density at radius 2 is 1.64 bits per heavy atom. The number of carboxylic acids is 1. The number of oxazole rings is 1. The molecule has 1 heterocycles. The van der Waals surface area contributed by atoms with Crippen LogP contribution in [0.3, 0.4) is 0 Å². The number of aliphatic carboxylic acids is 1. The molecular formula is C28H27N3O5. The van der Waals surface area contributed by atoms with E-state index in [2.05, 4.69) is 15.6 Å². The highest BCUT2D eigenvalue weighted by Crippen LogP contribution is 2.30. The first-order valence-corrected chi connectivity index (χ1v) is 11.6. The fourth-order valence-electron chi connectivity index (χ4n) is 3.84. The van der Waals surface area contributed by atoms with Crippen LogP contribution in [0.5, 0.6) is 0 Å². The molecule has 1 amide bonds. The second kappa shape index (κ2) is 11.8. The molecule has 0 saturated carbocycles. The number of hydrogen-bond donors (Lipinski definition) is 3. The van der Waals surface area contributed by atoms with Crippen molar-refractivity contribution >= 4 is 17.9 Å². The molecule has 4 rings (SSSR count). The van der Waals surface area contributed by atoms with Crippen molar-refractivity contribution < 1.29 is 23.8 Å². The van der Waals surface area contributed by atoms with E-state index in [1.165, 1.54) is 6.39 Å². The summed E-state index contributed by atoms with van der Waals surface area (Å²) in [7, 11) is 0. The molecular weight excluding hydrogens is 458 g/mol. The summed E-state index contributed by atoms with van der Waals surface area (Å²) in [6.45, 7) is 2.06. The molecule has 1 aromatic heterocycles. The maximum absolute atomic E-state index is 12.5. The zero-order chi connectivity index (χ0) is 25.3. The summed E-state index contributed by atoms with van der Waals surface area (Å²) in [6.07, 6.45) is 0.464. The molecule has 3 N–H and O–H groups in total. The van der Waals surface area contributed by atoms with E-state index in [0.717, 1.165) is 16.7 Å². The molecule has 8 heteroatoms. The van der Waals surface area contributed by atoms with Crippen LogP contribution >= 0.6 is 0 Å². The first-order chi connectivity index (χ1) is 17.5. The van der Waals surface area contributed by atoms with Crippen LogP contribution < -0.4 is 10.6 Å². The van der Waals surface area contributed by atoms with Crippen LogP contribution in [0.4, 0.5) is 10.7 Å². The van der Waals surface area contributed by atoms with Gasteiger partial charge in [0.25, 0.3) is 0 Å². The monoisotopic (exact) mass is 485 g/mol. The Morgan fingerprint density at radius 3 is 2.36 bits per heavy atom. The second-order valence-electron chi connectivity index (χ2n) is 8.23. The van der Waals surface area contributed by atoms with Gasteiger partial charge in [-0.05, 0) is 30.0 Å². The Morgan fingerprint density at radius 1 is 0.972 bits per heavy atom. The number of amides is 1. The van der Waals surface area contributed by atoms with Crippen LogP contribution in [0, 0.1) is 0 Å². The molecule has 2 unspecified atom stereocenters. The highest BCUT2D eigenvalue weighted by Gasteiger charge is 2.21. The lowest BCUT2D eigenvalue weighted by molar-refractivity contribution is -0.139. The first-order valence-electron chi connectivity index (χ1n) is 11.6. The fraction of sp³-hybridized carbons (Fsp3) is 0.179. The lowest BCUT2D eigenvalue weighted by Gasteiger charge is -2.16. The molecule has 0 radical (unpaired) electrons. The second-order valence-corrected chi connectivity index (χ2v) is 8.23. The molecule has 0 spiro atoms. The van der Waals surface area contributed by atoms with Crippen LogP contribution in [0.1, 0.15) is 29.7 Å². The minimum atomic E-state index is -0.935. The van der Waals surface area contributed by atoms with Gasteiger partial charge in [0.2, 0.25) is 5.88 Å². The number of hydrogen-bond acceptors (Lipinski definition) is 6. The number of rotatable bonds is 10. The van der Waals surface area contributed by atoms with E-state index >= 15 is 0 Å². The number of ether oxygens (including phenoxy) is 1. The van der Waals surface area contributed by atoms with Gasteiger partial charge in [-0.3, -0.25) is 15.4 Å². The molecule has 0 aliphatic carbocycles. The zero-order valence-electron chi connectivity index (χ0n) is 19.8. The van der Waals surface area contributed by atoms with Gasteiger partial charge in [0.05, 0.1) is 0 Å². The first kappa shape index (κ1) is 24.7. The molecule has 8 nitrogen and oxygen atoms in total. The number of benzene rings is 3. The molecule has 4 aromatic rings. The number of carbonyl (C=O) groups is 2. The smallest absolute Gasteiger partial charge is 0.414 e. The number of carbonyl (C=O) groups excluding carboxylic acids is 1. The normalized spacial score (nSPS) is 12.5. The van der Waals surface area contributed by atoms with Gasteiger partial charge in [-0.15, -0.1) is 0 Å². The topological polar surface area (TPSA) is 114 Å². The van der Waals surface area contributed by atoms with Crippen LogP contribution in [-0.2, 0) is 22.5 Å². The lowest BCUT2D eigenvalue weighted by atomic mass is 10.0. The maximum atomic E-state index is 12.5. The average molecular weight is 486 g/mol. The predicted molar refractivity (Wildman–Crippen MR) is 135 cm³/mol.